The molecule has 0 spiro atoms. The summed E-state index contributed by atoms with van der Waals surface area (Å²) < 4.78 is 10.8. The number of nitrogens with one attached hydrogen (secondary N) is 2. The maximum absolute atomic E-state index is 12.8. The number of carbonyl (C=O) groups is 1. The molecule has 1 amide bonds. The molecule has 194 valence electrons. The lowest BCUT2D eigenvalue weighted by molar-refractivity contribution is -0.115. The number of carbonyl (C=O) groups excluding carboxylic acids is 1. The lowest BCUT2D eigenvalue weighted by atomic mass is 10.1. The van der Waals surface area contributed by atoms with Gasteiger partial charge in [0.05, 0.1) is 18.0 Å². The fourth-order valence-corrected chi connectivity index (χ4v) is 3.86. The van der Waals surface area contributed by atoms with Crippen LogP contribution in [-0.4, -0.2) is 60.7 Å². The first-order valence-electron chi connectivity index (χ1n) is 12.4. The van der Waals surface area contributed by atoms with Crippen molar-refractivity contribution in [1.82, 2.24) is 20.2 Å². The van der Waals surface area contributed by atoms with E-state index in [9.17, 15) is 4.79 Å². The topological polar surface area (TPSA) is 88.6 Å². The lowest BCUT2D eigenvalue weighted by Crippen LogP contribution is -2.30. The van der Waals surface area contributed by atoms with Gasteiger partial charge >= 0.3 is 0 Å². The molecule has 1 aliphatic heterocycles. The van der Waals surface area contributed by atoms with Crippen molar-refractivity contribution in [3.8, 4) is 12.3 Å². The van der Waals surface area contributed by atoms with E-state index in [-0.39, 0.29) is 5.91 Å². The van der Waals surface area contributed by atoms with E-state index in [0.29, 0.717) is 41.7 Å². The molecule has 8 heteroatoms. The molecule has 1 fully saturated rings. The van der Waals surface area contributed by atoms with Gasteiger partial charge in [0.1, 0.15) is 24.5 Å². The van der Waals surface area contributed by atoms with Crippen LogP contribution in [0.25, 0.3) is 6.08 Å². The van der Waals surface area contributed by atoms with E-state index >= 15 is 0 Å². The monoisotopic (exact) mass is 501 g/mol. The van der Waals surface area contributed by atoms with Crippen LogP contribution in [0.4, 0.5) is 11.5 Å². The summed E-state index contributed by atoms with van der Waals surface area (Å²) in [5, 5.41) is 6.20. The molecule has 1 aromatic heterocycles. The fourth-order valence-electron chi connectivity index (χ4n) is 3.86. The summed E-state index contributed by atoms with van der Waals surface area (Å²) in [5.74, 6) is 3.22. The molecular weight excluding hydrogens is 466 g/mol. The van der Waals surface area contributed by atoms with Crippen molar-refractivity contribution >= 4 is 23.5 Å². The summed E-state index contributed by atoms with van der Waals surface area (Å²) >= 11 is 0. The summed E-state index contributed by atoms with van der Waals surface area (Å²) in [6, 6.07) is 7.47. The van der Waals surface area contributed by atoms with E-state index in [0.717, 1.165) is 30.9 Å². The molecule has 0 unspecified atom stereocenters. The second-order valence-electron chi connectivity index (χ2n) is 8.65. The van der Waals surface area contributed by atoms with Crippen LogP contribution in [0.1, 0.15) is 36.1 Å². The van der Waals surface area contributed by atoms with Crippen molar-refractivity contribution in [3.63, 3.8) is 0 Å². The van der Waals surface area contributed by atoms with Gasteiger partial charge in [-0.3, -0.25) is 9.69 Å². The highest BCUT2D eigenvalue weighted by Gasteiger charge is 2.14. The third-order valence-corrected chi connectivity index (χ3v) is 5.87. The van der Waals surface area contributed by atoms with E-state index in [1.807, 2.05) is 37.3 Å². The molecule has 2 heterocycles. The van der Waals surface area contributed by atoms with Gasteiger partial charge in [-0.2, -0.15) is 0 Å². The molecule has 0 aliphatic carbocycles. The predicted molar refractivity (Wildman–Crippen MR) is 147 cm³/mol. The zero-order valence-corrected chi connectivity index (χ0v) is 21.6. The molecule has 37 heavy (non-hydrogen) atoms. The third kappa shape index (κ3) is 8.90. The van der Waals surface area contributed by atoms with Gasteiger partial charge in [0.15, 0.2) is 0 Å². The van der Waals surface area contributed by atoms with E-state index in [2.05, 4.69) is 38.0 Å². The average molecular weight is 502 g/mol. The Kier molecular flexibility index (Phi) is 10.9. The minimum absolute atomic E-state index is 0.273. The largest absolute Gasteiger partial charge is 0.490 e. The number of rotatable bonds is 12. The van der Waals surface area contributed by atoms with Crippen molar-refractivity contribution in [2.24, 2.45) is 0 Å². The first-order valence-corrected chi connectivity index (χ1v) is 12.4. The number of aromatic nitrogens is 2. The van der Waals surface area contributed by atoms with Crippen molar-refractivity contribution < 1.29 is 14.3 Å². The van der Waals surface area contributed by atoms with Gasteiger partial charge in [-0.05, 0) is 57.1 Å². The number of ether oxygens (including phenoxy) is 2. The van der Waals surface area contributed by atoms with Crippen LogP contribution in [0, 0.1) is 19.3 Å². The second kappa shape index (κ2) is 14.6. The van der Waals surface area contributed by atoms with Crippen molar-refractivity contribution in [3.05, 3.63) is 77.6 Å². The first kappa shape index (κ1) is 27.7. The number of terminal acetylenes is 1. The molecule has 3 rings (SSSR count). The van der Waals surface area contributed by atoms with Gasteiger partial charge < -0.3 is 20.1 Å². The second-order valence-corrected chi connectivity index (χ2v) is 8.65. The summed E-state index contributed by atoms with van der Waals surface area (Å²) in [6.07, 6.45) is 15.9. The fraction of sp³-hybridized carbons (Fsp3) is 0.345. The van der Waals surface area contributed by atoms with Gasteiger partial charge in [-0.15, -0.1) is 6.42 Å². The number of anilines is 2. The number of methoxy groups -OCH3 is 1. The van der Waals surface area contributed by atoms with E-state index in [4.69, 9.17) is 15.9 Å². The molecule has 1 saturated heterocycles. The normalized spacial score (nSPS) is 14.2. The smallest absolute Gasteiger partial charge is 0.248 e. The zero-order valence-electron chi connectivity index (χ0n) is 21.6. The molecule has 0 atom stereocenters. The van der Waals surface area contributed by atoms with Gasteiger partial charge in [-0.25, -0.2) is 9.97 Å². The highest BCUT2D eigenvalue weighted by Crippen LogP contribution is 2.24. The van der Waals surface area contributed by atoms with Crippen molar-refractivity contribution in [2.45, 2.75) is 26.2 Å². The molecule has 8 nitrogen and oxygen atoms in total. The van der Waals surface area contributed by atoms with E-state index in [1.54, 1.807) is 19.3 Å². The summed E-state index contributed by atoms with van der Waals surface area (Å²) in [6.45, 7) is 9.44. The number of hydrogen-bond donors (Lipinski definition) is 2. The zero-order chi connectivity index (χ0) is 26.5. The third-order valence-electron chi connectivity index (χ3n) is 5.87. The molecule has 1 aliphatic rings. The van der Waals surface area contributed by atoms with Crippen LogP contribution in [0.3, 0.4) is 0 Å². The summed E-state index contributed by atoms with van der Waals surface area (Å²) in [7, 11) is 1.59. The molecule has 2 N–H and O–H groups in total. The van der Waals surface area contributed by atoms with Crippen LogP contribution < -0.4 is 10.6 Å². The van der Waals surface area contributed by atoms with E-state index < -0.39 is 0 Å². The minimum atomic E-state index is -0.273. The maximum Gasteiger partial charge on any atom is 0.248 e. The van der Waals surface area contributed by atoms with Crippen LogP contribution in [0.5, 0.6) is 0 Å². The molecule has 1 aromatic carbocycles. The highest BCUT2D eigenvalue weighted by atomic mass is 16.5. The molecule has 0 bridgehead atoms. The number of aryl methyl sites for hydroxylation is 1. The first-order chi connectivity index (χ1) is 18.0. The SMILES string of the molecule is C#Cc1cccc(Nc2ncnc(C)c2C=C(NC(=O)C=CCN2CCCCC2)C(=C)OCCOC)c1. The van der Waals surface area contributed by atoms with Crippen molar-refractivity contribution in [2.75, 3.05) is 45.3 Å². The number of likely N-dealkylation sites (tertiary alicyclic amines) is 1. The standard InChI is InChI=1S/C29H35N5O3/c1-5-24-11-9-12-25(19-24)32-29-26(22(2)30-21-31-29)20-27(23(3)37-18-17-36-4)33-28(35)13-10-16-34-14-7-6-8-15-34/h1,9-13,19-21H,3,6-8,14-18H2,2,4H3,(H,33,35)(H,30,31,32). The van der Waals surface area contributed by atoms with Crippen LogP contribution in [0.15, 0.2) is 60.8 Å². The quantitative estimate of drug-likeness (QED) is 0.148. The number of nitrogens with zero attached hydrogens (tertiary/aromatic N) is 3. The average Bonchev–Trinajstić information content (AvgIpc) is 2.91. The minimum Gasteiger partial charge on any atom is -0.490 e. The van der Waals surface area contributed by atoms with Crippen LogP contribution >= 0.6 is 0 Å². The Labute approximate surface area is 219 Å². The number of benzene rings is 1. The van der Waals surface area contributed by atoms with E-state index in [1.165, 1.54) is 25.6 Å². The Morgan fingerprint density at radius 2 is 2.05 bits per heavy atom. The van der Waals surface area contributed by atoms with Crippen LogP contribution in [-0.2, 0) is 14.3 Å². The Hall–Kier alpha value is -3.93. The summed E-state index contributed by atoms with van der Waals surface area (Å²) in [4.78, 5) is 23.9. The lowest BCUT2D eigenvalue weighted by Gasteiger charge is -2.24. The Morgan fingerprint density at radius 1 is 1.24 bits per heavy atom. The molecule has 0 saturated carbocycles. The van der Waals surface area contributed by atoms with Gasteiger partial charge in [0.2, 0.25) is 5.91 Å². The summed E-state index contributed by atoms with van der Waals surface area (Å²) in [5.41, 5.74) is 3.32. The van der Waals surface area contributed by atoms with Gasteiger partial charge in [0, 0.05) is 36.5 Å². The molecular formula is C29H35N5O3. The van der Waals surface area contributed by atoms with Crippen molar-refractivity contribution in [1.29, 1.82) is 0 Å². The van der Waals surface area contributed by atoms with Gasteiger partial charge in [0.25, 0.3) is 0 Å². The molecule has 2 aromatic rings. The number of piperidine rings is 1. The predicted octanol–water partition coefficient (Wildman–Crippen LogP) is 4.19. The van der Waals surface area contributed by atoms with Gasteiger partial charge in [-0.1, -0.05) is 31.1 Å². The Balaban J connectivity index is 1.83. The van der Waals surface area contributed by atoms with Crippen LogP contribution in [0.2, 0.25) is 0 Å². The number of amides is 1. The maximum atomic E-state index is 12.8. The number of hydrogen-bond acceptors (Lipinski definition) is 7. The Bertz CT molecular complexity index is 1180. The molecule has 0 radical (unpaired) electrons. The Morgan fingerprint density at radius 3 is 2.81 bits per heavy atom. The highest BCUT2D eigenvalue weighted by molar-refractivity contribution is 5.90.